The Morgan fingerprint density at radius 2 is 2.13 bits per heavy atom. The van der Waals surface area contributed by atoms with Crippen molar-refractivity contribution in [2.45, 2.75) is 45.4 Å². The molecule has 5 heteroatoms. The zero-order chi connectivity index (χ0) is 16.5. The number of carboxylic acids is 1. The maximum atomic E-state index is 10.5. The quantitative estimate of drug-likeness (QED) is 0.660. The number of aryl methyl sites for hydroxylation is 2. The van der Waals surface area contributed by atoms with Gasteiger partial charge in [-0.2, -0.15) is 0 Å². The molecular formula is C18H23NO3S. The van der Waals surface area contributed by atoms with Gasteiger partial charge in [0.25, 0.3) is 0 Å². The molecule has 4 nitrogen and oxygen atoms in total. The van der Waals surface area contributed by atoms with Gasteiger partial charge in [0.2, 0.25) is 0 Å². The molecule has 1 N–H and O–H groups in total. The molecule has 1 heterocycles. The monoisotopic (exact) mass is 333 g/mol. The van der Waals surface area contributed by atoms with Crippen molar-refractivity contribution >= 4 is 17.3 Å². The van der Waals surface area contributed by atoms with Gasteiger partial charge in [0, 0.05) is 17.7 Å². The maximum absolute atomic E-state index is 10.5. The highest BCUT2D eigenvalue weighted by Gasteiger charge is 2.03. The van der Waals surface area contributed by atoms with Crippen molar-refractivity contribution in [3.8, 4) is 5.75 Å². The number of ether oxygens (including phenoxy) is 1. The summed E-state index contributed by atoms with van der Waals surface area (Å²) in [4.78, 5) is 16.0. The number of rotatable bonds is 10. The van der Waals surface area contributed by atoms with Gasteiger partial charge in [-0.05, 0) is 43.9 Å². The van der Waals surface area contributed by atoms with Crippen LogP contribution in [0.2, 0.25) is 0 Å². The van der Waals surface area contributed by atoms with Crippen LogP contribution in [-0.2, 0) is 17.6 Å². The summed E-state index contributed by atoms with van der Waals surface area (Å²) in [6.45, 7) is 2.71. The summed E-state index contributed by atoms with van der Waals surface area (Å²) in [5.74, 6) is 0.177. The number of nitrogens with zero attached hydrogens (tertiary/aromatic N) is 1. The number of aliphatic carboxylic acids is 1. The van der Waals surface area contributed by atoms with Crippen LogP contribution in [0.15, 0.2) is 29.8 Å². The van der Waals surface area contributed by atoms with E-state index in [9.17, 15) is 4.79 Å². The summed E-state index contributed by atoms with van der Waals surface area (Å²) < 4.78 is 5.82. The van der Waals surface area contributed by atoms with Crippen molar-refractivity contribution in [3.05, 3.63) is 45.9 Å². The highest BCUT2D eigenvalue weighted by atomic mass is 32.1. The third kappa shape index (κ3) is 6.40. The van der Waals surface area contributed by atoms with E-state index in [1.807, 2.05) is 17.6 Å². The molecule has 2 aromatic rings. The molecule has 124 valence electrons. The topological polar surface area (TPSA) is 59.4 Å². The molecule has 0 fully saturated rings. The van der Waals surface area contributed by atoms with Crippen LogP contribution in [-0.4, -0.2) is 22.7 Å². The van der Waals surface area contributed by atoms with Crippen LogP contribution in [0, 0.1) is 6.92 Å². The number of carbonyl (C=O) groups is 1. The van der Waals surface area contributed by atoms with E-state index >= 15 is 0 Å². The van der Waals surface area contributed by atoms with Gasteiger partial charge in [0.05, 0.1) is 17.8 Å². The molecular weight excluding hydrogens is 310 g/mol. The first-order valence-corrected chi connectivity index (χ1v) is 8.85. The Bertz CT molecular complexity index is 624. The molecule has 0 radical (unpaired) electrons. The third-order valence-electron chi connectivity index (χ3n) is 3.71. The summed E-state index contributed by atoms with van der Waals surface area (Å²) in [5.41, 5.74) is 4.22. The first kappa shape index (κ1) is 17.5. The lowest BCUT2D eigenvalue weighted by Crippen LogP contribution is -2.02. The summed E-state index contributed by atoms with van der Waals surface area (Å²) in [5, 5.41) is 8.61. The van der Waals surface area contributed by atoms with E-state index in [1.54, 1.807) is 11.3 Å². The summed E-state index contributed by atoms with van der Waals surface area (Å²) in [6, 6.07) is 8.15. The number of hydrogen-bond donors (Lipinski definition) is 1. The molecule has 0 saturated heterocycles. The fourth-order valence-electron chi connectivity index (χ4n) is 2.41. The van der Waals surface area contributed by atoms with Gasteiger partial charge in [0.15, 0.2) is 0 Å². The average Bonchev–Trinajstić information content (AvgIpc) is 2.92. The molecule has 1 aromatic carbocycles. The van der Waals surface area contributed by atoms with Gasteiger partial charge in [-0.15, -0.1) is 11.3 Å². The fraction of sp³-hybridized carbons (Fsp3) is 0.444. The van der Waals surface area contributed by atoms with E-state index in [-0.39, 0.29) is 6.42 Å². The Labute approximate surface area is 141 Å². The molecule has 23 heavy (non-hydrogen) atoms. The maximum Gasteiger partial charge on any atom is 0.303 e. The van der Waals surface area contributed by atoms with E-state index in [0.29, 0.717) is 6.61 Å². The van der Waals surface area contributed by atoms with Crippen LogP contribution in [0.5, 0.6) is 5.75 Å². The normalized spacial score (nSPS) is 10.7. The molecule has 0 aliphatic rings. The van der Waals surface area contributed by atoms with Crippen molar-refractivity contribution in [1.82, 2.24) is 4.98 Å². The number of unbranched alkanes of at least 4 members (excludes halogenated alkanes) is 2. The standard InChI is InChI=1S/C18H23NO3S/c1-14-17(19-13-23-14)10-11-22-16-8-5-7-15(12-16)6-3-2-4-9-18(20)21/h5,7-8,12-13H,2-4,6,9-11H2,1H3,(H,20,21). The lowest BCUT2D eigenvalue weighted by atomic mass is 10.1. The predicted molar refractivity (Wildman–Crippen MR) is 92.3 cm³/mol. The molecule has 0 atom stereocenters. The summed E-state index contributed by atoms with van der Waals surface area (Å²) >= 11 is 1.66. The van der Waals surface area contributed by atoms with Gasteiger partial charge in [-0.1, -0.05) is 18.6 Å². The van der Waals surface area contributed by atoms with E-state index in [0.717, 1.165) is 43.5 Å². The second-order valence-electron chi connectivity index (χ2n) is 5.56. The van der Waals surface area contributed by atoms with Gasteiger partial charge in [-0.25, -0.2) is 4.98 Å². The molecule has 1 aromatic heterocycles. The Kier molecular flexibility index (Phi) is 7.07. The Morgan fingerprint density at radius 1 is 1.26 bits per heavy atom. The summed E-state index contributed by atoms with van der Waals surface area (Å²) in [7, 11) is 0. The zero-order valence-corrected chi connectivity index (χ0v) is 14.3. The molecule has 2 rings (SSSR count). The minimum Gasteiger partial charge on any atom is -0.493 e. The van der Waals surface area contributed by atoms with Crippen LogP contribution in [0.4, 0.5) is 0 Å². The lowest BCUT2D eigenvalue weighted by Gasteiger charge is -2.08. The van der Waals surface area contributed by atoms with Crippen LogP contribution >= 0.6 is 11.3 Å². The number of benzene rings is 1. The van der Waals surface area contributed by atoms with E-state index in [2.05, 4.69) is 24.0 Å². The van der Waals surface area contributed by atoms with Crippen molar-refractivity contribution in [1.29, 1.82) is 0 Å². The first-order chi connectivity index (χ1) is 11.1. The van der Waals surface area contributed by atoms with Gasteiger partial charge < -0.3 is 9.84 Å². The second-order valence-corrected chi connectivity index (χ2v) is 6.61. The minimum atomic E-state index is -0.712. The molecule has 0 unspecified atom stereocenters. The Hall–Kier alpha value is -1.88. The fourth-order valence-corrected chi connectivity index (χ4v) is 3.04. The van der Waals surface area contributed by atoms with E-state index in [4.69, 9.17) is 9.84 Å². The van der Waals surface area contributed by atoms with Crippen LogP contribution in [0.25, 0.3) is 0 Å². The molecule has 0 bridgehead atoms. The van der Waals surface area contributed by atoms with E-state index < -0.39 is 5.97 Å². The van der Waals surface area contributed by atoms with Crippen LogP contribution in [0.3, 0.4) is 0 Å². The predicted octanol–water partition coefficient (Wildman–Crippen LogP) is 4.26. The van der Waals surface area contributed by atoms with Gasteiger partial charge in [0.1, 0.15) is 5.75 Å². The van der Waals surface area contributed by atoms with Crippen LogP contribution in [0.1, 0.15) is 41.8 Å². The van der Waals surface area contributed by atoms with Crippen molar-refractivity contribution in [3.63, 3.8) is 0 Å². The number of carboxylic acid groups (broad SMARTS) is 1. The molecule has 0 amide bonds. The highest BCUT2D eigenvalue weighted by Crippen LogP contribution is 2.17. The van der Waals surface area contributed by atoms with Crippen molar-refractivity contribution in [2.75, 3.05) is 6.61 Å². The van der Waals surface area contributed by atoms with Gasteiger partial charge >= 0.3 is 5.97 Å². The second kappa shape index (κ2) is 9.30. The number of thiazole rings is 1. The smallest absolute Gasteiger partial charge is 0.303 e. The lowest BCUT2D eigenvalue weighted by molar-refractivity contribution is -0.137. The molecule has 0 spiro atoms. The van der Waals surface area contributed by atoms with Crippen LogP contribution < -0.4 is 4.74 Å². The average molecular weight is 333 g/mol. The number of aromatic nitrogens is 1. The Balaban J connectivity index is 1.71. The largest absolute Gasteiger partial charge is 0.493 e. The zero-order valence-electron chi connectivity index (χ0n) is 13.5. The number of hydrogen-bond acceptors (Lipinski definition) is 4. The van der Waals surface area contributed by atoms with Crippen molar-refractivity contribution < 1.29 is 14.6 Å². The third-order valence-corrected chi connectivity index (χ3v) is 4.51. The minimum absolute atomic E-state index is 0.263. The summed E-state index contributed by atoms with van der Waals surface area (Å²) in [6.07, 6.45) is 4.75. The molecule has 0 aliphatic carbocycles. The molecule has 0 saturated carbocycles. The SMILES string of the molecule is Cc1scnc1CCOc1cccc(CCCCCC(=O)O)c1. The van der Waals surface area contributed by atoms with Gasteiger partial charge in [-0.3, -0.25) is 4.79 Å². The first-order valence-electron chi connectivity index (χ1n) is 7.97. The molecule has 0 aliphatic heterocycles. The highest BCUT2D eigenvalue weighted by molar-refractivity contribution is 7.09. The van der Waals surface area contributed by atoms with Crippen molar-refractivity contribution in [2.24, 2.45) is 0 Å². The Morgan fingerprint density at radius 3 is 2.87 bits per heavy atom. The van der Waals surface area contributed by atoms with E-state index in [1.165, 1.54) is 10.4 Å².